The van der Waals surface area contributed by atoms with Gasteiger partial charge in [0.2, 0.25) is 0 Å². The topological polar surface area (TPSA) is 41.6 Å². The fourth-order valence-corrected chi connectivity index (χ4v) is 5.21. The molecular weight excluding hydrogens is 382 g/mol. The largest absolute Gasteiger partial charge is 0.318 e. The zero-order valence-electron chi connectivity index (χ0n) is 15.9. The van der Waals surface area contributed by atoms with Crippen molar-refractivity contribution in [1.29, 1.82) is 5.26 Å². The zero-order valence-corrected chi connectivity index (χ0v) is 17.6. The van der Waals surface area contributed by atoms with Crippen LogP contribution in [0, 0.1) is 32.1 Å². The second kappa shape index (κ2) is 7.67. The molecule has 0 aliphatic carbocycles. The average Bonchev–Trinajstić information content (AvgIpc) is 3.22. The first-order chi connectivity index (χ1) is 13.5. The van der Waals surface area contributed by atoms with Gasteiger partial charge in [0.05, 0.1) is 15.1 Å². The first-order valence-electron chi connectivity index (χ1n) is 8.96. The highest BCUT2D eigenvalue weighted by Crippen LogP contribution is 2.35. The minimum Gasteiger partial charge on any atom is -0.318 e. The predicted molar refractivity (Wildman–Crippen MR) is 119 cm³/mol. The van der Waals surface area contributed by atoms with Crippen molar-refractivity contribution in [2.24, 2.45) is 0 Å². The molecule has 5 heteroatoms. The molecule has 138 valence electrons. The second-order valence-electron chi connectivity index (χ2n) is 6.67. The van der Waals surface area contributed by atoms with Crippen LogP contribution in [0.1, 0.15) is 22.5 Å². The van der Waals surface area contributed by atoms with Gasteiger partial charge in [0, 0.05) is 17.1 Å². The predicted octanol–water partition coefficient (Wildman–Crippen LogP) is 6.67. The highest BCUT2D eigenvalue weighted by molar-refractivity contribution is 8.05. The average molecular weight is 402 g/mol. The molecule has 0 amide bonds. The van der Waals surface area contributed by atoms with Crippen LogP contribution in [0.3, 0.4) is 0 Å². The summed E-state index contributed by atoms with van der Waals surface area (Å²) in [5, 5.41) is 9.67. The molecule has 0 spiro atoms. The number of para-hydroxylation sites is 1. The number of thioether (sulfide) groups is 1. The maximum absolute atomic E-state index is 9.67. The zero-order chi connectivity index (χ0) is 19.7. The van der Waals surface area contributed by atoms with E-state index < -0.39 is 0 Å². The quantitative estimate of drug-likeness (QED) is 0.283. The molecule has 0 unspecified atom stereocenters. The Morgan fingerprint density at radius 2 is 1.86 bits per heavy atom. The minimum atomic E-state index is 0.642. The van der Waals surface area contributed by atoms with Gasteiger partial charge in [0.15, 0.2) is 4.34 Å². The van der Waals surface area contributed by atoms with Gasteiger partial charge in [0.1, 0.15) is 6.07 Å². The fourth-order valence-electron chi connectivity index (χ4n) is 3.24. The minimum absolute atomic E-state index is 0.642. The number of hydrogen-bond donors (Lipinski definition) is 0. The number of hydrogen-bond acceptors (Lipinski definition) is 4. The van der Waals surface area contributed by atoms with Crippen molar-refractivity contribution in [3.05, 3.63) is 82.0 Å². The monoisotopic (exact) mass is 401 g/mol. The maximum Gasteiger partial charge on any atom is 0.156 e. The van der Waals surface area contributed by atoms with E-state index >= 15 is 0 Å². The number of nitriles is 1. The third-order valence-corrected chi connectivity index (χ3v) is 6.66. The van der Waals surface area contributed by atoms with Crippen LogP contribution in [0.2, 0.25) is 0 Å². The van der Waals surface area contributed by atoms with E-state index in [0.29, 0.717) is 4.91 Å². The van der Waals surface area contributed by atoms with Crippen LogP contribution >= 0.6 is 23.1 Å². The normalized spacial score (nSPS) is 11.7. The molecule has 0 aliphatic heterocycles. The lowest BCUT2D eigenvalue weighted by atomic mass is 10.2. The molecule has 0 saturated heterocycles. The summed E-state index contributed by atoms with van der Waals surface area (Å²) in [5.41, 5.74) is 6.69. The van der Waals surface area contributed by atoms with Crippen molar-refractivity contribution in [3.63, 3.8) is 0 Å². The number of allylic oxidation sites excluding steroid dienone is 1. The number of rotatable bonds is 4. The van der Waals surface area contributed by atoms with Gasteiger partial charge in [-0.1, -0.05) is 29.8 Å². The third-order valence-electron chi connectivity index (χ3n) is 4.63. The highest BCUT2D eigenvalue weighted by atomic mass is 32.2. The maximum atomic E-state index is 9.67. The lowest BCUT2D eigenvalue weighted by Crippen LogP contribution is -1.98. The standard InChI is InChI=1S/C23H19N3S2/c1-15-8-10-19(11-9-15)26-16(2)12-18(17(26)3)13-20(14-24)27-23-25-21-6-4-5-7-22(21)28-23/h4-13H,1-3H3/b20-13+. The van der Waals surface area contributed by atoms with Crippen molar-refractivity contribution < 1.29 is 0 Å². The molecule has 28 heavy (non-hydrogen) atoms. The summed E-state index contributed by atoms with van der Waals surface area (Å²) in [6.45, 7) is 6.28. The number of nitrogens with zero attached hydrogens (tertiary/aromatic N) is 3. The lowest BCUT2D eigenvalue weighted by molar-refractivity contribution is 0.963. The van der Waals surface area contributed by atoms with Crippen molar-refractivity contribution in [3.8, 4) is 11.8 Å². The molecule has 0 bridgehead atoms. The van der Waals surface area contributed by atoms with Crippen LogP contribution in [-0.2, 0) is 0 Å². The van der Waals surface area contributed by atoms with Crippen molar-refractivity contribution in [2.45, 2.75) is 25.1 Å². The molecule has 0 N–H and O–H groups in total. The molecule has 2 aromatic carbocycles. The molecule has 3 nitrogen and oxygen atoms in total. The summed E-state index contributed by atoms with van der Waals surface area (Å²) in [6, 6.07) is 21.0. The molecule has 4 rings (SSSR count). The Bertz CT molecular complexity index is 1190. The van der Waals surface area contributed by atoms with Gasteiger partial charge in [-0.15, -0.1) is 11.3 Å². The molecule has 0 fully saturated rings. The van der Waals surface area contributed by atoms with E-state index in [9.17, 15) is 5.26 Å². The summed E-state index contributed by atoms with van der Waals surface area (Å²) < 4.78 is 4.25. The van der Waals surface area contributed by atoms with Crippen molar-refractivity contribution >= 4 is 39.4 Å². The number of benzene rings is 2. The molecule has 0 saturated carbocycles. The molecule has 0 radical (unpaired) electrons. The van der Waals surface area contributed by atoms with Gasteiger partial charge >= 0.3 is 0 Å². The molecule has 0 aliphatic rings. The van der Waals surface area contributed by atoms with E-state index in [1.54, 1.807) is 11.3 Å². The van der Waals surface area contributed by atoms with Crippen LogP contribution < -0.4 is 0 Å². The van der Waals surface area contributed by atoms with E-state index in [0.717, 1.165) is 37.2 Å². The fraction of sp³-hybridized carbons (Fsp3) is 0.130. The Morgan fingerprint density at radius 3 is 2.57 bits per heavy atom. The lowest BCUT2D eigenvalue weighted by Gasteiger charge is -2.10. The van der Waals surface area contributed by atoms with E-state index in [1.807, 2.05) is 24.3 Å². The van der Waals surface area contributed by atoms with Crippen LogP contribution in [-0.4, -0.2) is 9.55 Å². The van der Waals surface area contributed by atoms with Crippen molar-refractivity contribution in [2.75, 3.05) is 0 Å². The van der Waals surface area contributed by atoms with Crippen LogP contribution in [0.5, 0.6) is 0 Å². The Kier molecular flexibility index (Phi) is 5.08. The highest BCUT2D eigenvalue weighted by Gasteiger charge is 2.12. The first-order valence-corrected chi connectivity index (χ1v) is 10.6. The van der Waals surface area contributed by atoms with Crippen LogP contribution in [0.4, 0.5) is 0 Å². The molecule has 4 aromatic rings. The Labute approximate surface area is 173 Å². The summed E-state index contributed by atoms with van der Waals surface area (Å²) in [6.07, 6.45) is 1.96. The van der Waals surface area contributed by atoms with Gasteiger partial charge < -0.3 is 4.57 Å². The molecular formula is C23H19N3S2. The Morgan fingerprint density at radius 1 is 1.11 bits per heavy atom. The van der Waals surface area contributed by atoms with Gasteiger partial charge in [-0.25, -0.2) is 4.98 Å². The summed E-state index contributed by atoms with van der Waals surface area (Å²) in [5.74, 6) is 0. The molecule has 0 atom stereocenters. The number of aryl methyl sites for hydroxylation is 2. The van der Waals surface area contributed by atoms with Gasteiger partial charge in [-0.3, -0.25) is 0 Å². The molecule has 2 heterocycles. The second-order valence-corrected chi connectivity index (χ2v) is 8.99. The van der Waals surface area contributed by atoms with E-state index in [4.69, 9.17) is 0 Å². The number of thiazole rings is 1. The van der Waals surface area contributed by atoms with Crippen molar-refractivity contribution in [1.82, 2.24) is 9.55 Å². The summed E-state index contributed by atoms with van der Waals surface area (Å²) in [7, 11) is 0. The van der Waals surface area contributed by atoms with Crippen LogP contribution in [0.15, 0.2) is 63.8 Å². The third kappa shape index (κ3) is 3.62. The Balaban J connectivity index is 1.67. The summed E-state index contributed by atoms with van der Waals surface area (Å²) >= 11 is 3.05. The van der Waals surface area contributed by atoms with Gasteiger partial charge in [-0.05, 0) is 74.5 Å². The SMILES string of the molecule is Cc1ccc(-n2c(C)cc(/C=C(\C#N)Sc3nc4ccccc4s3)c2C)cc1. The first kappa shape index (κ1) is 18.5. The number of aromatic nitrogens is 2. The van der Waals surface area contributed by atoms with Crippen LogP contribution in [0.25, 0.3) is 22.0 Å². The van der Waals surface area contributed by atoms with E-state index in [1.165, 1.54) is 17.3 Å². The van der Waals surface area contributed by atoms with E-state index in [2.05, 4.69) is 72.8 Å². The number of fused-ring (bicyclic) bond motifs is 1. The van der Waals surface area contributed by atoms with E-state index in [-0.39, 0.29) is 0 Å². The van der Waals surface area contributed by atoms with Gasteiger partial charge in [-0.2, -0.15) is 5.26 Å². The summed E-state index contributed by atoms with van der Waals surface area (Å²) in [4.78, 5) is 5.27. The molecule has 2 aromatic heterocycles. The van der Waals surface area contributed by atoms with Gasteiger partial charge in [0.25, 0.3) is 0 Å². The smallest absolute Gasteiger partial charge is 0.156 e. The Hall–Kier alpha value is -2.81.